The number of nitriles is 1. The van der Waals surface area contributed by atoms with Crippen LogP contribution in [0.3, 0.4) is 0 Å². The van der Waals surface area contributed by atoms with Gasteiger partial charge in [-0.15, -0.1) is 0 Å². The molecule has 0 radical (unpaired) electrons. The molecule has 0 aliphatic heterocycles. The molecule has 1 aliphatic rings. The molecule has 1 aliphatic carbocycles. The Balaban J connectivity index is 2.65. The van der Waals surface area contributed by atoms with E-state index in [0.29, 0.717) is 12.8 Å². The third-order valence-electron chi connectivity index (χ3n) is 1.91. The maximum absolute atomic E-state index is 11.2. The Hall–Kier alpha value is -1.36. The second-order valence-electron chi connectivity index (χ2n) is 2.77. The number of ketones is 1. The van der Waals surface area contributed by atoms with Crippen LogP contribution >= 0.6 is 0 Å². The van der Waals surface area contributed by atoms with Crippen LogP contribution in [-0.4, -0.2) is 5.78 Å². The molecular formula is C10H11NO. The maximum atomic E-state index is 11.2. The van der Waals surface area contributed by atoms with Crippen molar-refractivity contribution in [1.29, 1.82) is 5.26 Å². The summed E-state index contributed by atoms with van der Waals surface area (Å²) in [7, 11) is 0. The summed E-state index contributed by atoms with van der Waals surface area (Å²) in [6.07, 6.45) is 6.60. The minimum Gasteiger partial charge on any atom is -0.294 e. The van der Waals surface area contributed by atoms with Crippen molar-refractivity contribution in [2.75, 3.05) is 0 Å². The quantitative estimate of drug-likeness (QED) is 0.621. The van der Waals surface area contributed by atoms with E-state index in [0.717, 1.165) is 5.57 Å². The van der Waals surface area contributed by atoms with Crippen LogP contribution in [0.15, 0.2) is 23.8 Å². The number of carbonyl (C=O) groups is 1. The molecule has 0 aromatic rings. The van der Waals surface area contributed by atoms with Crippen molar-refractivity contribution in [2.24, 2.45) is 5.92 Å². The molecule has 0 fully saturated rings. The normalized spacial score (nSPS) is 21.3. The van der Waals surface area contributed by atoms with E-state index in [-0.39, 0.29) is 11.7 Å². The first-order valence-electron chi connectivity index (χ1n) is 4.09. The van der Waals surface area contributed by atoms with Crippen LogP contribution < -0.4 is 0 Å². The van der Waals surface area contributed by atoms with E-state index in [1.54, 1.807) is 12.2 Å². The predicted octanol–water partition coefficient (Wildman–Crippen LogP) is 1.99. The Labute approximate surface area is 72.2 Å². The standard InChI is InChI=1S/C10H11NO/c1-2-10(12)9-5-3-8(7-11)4-6-9/h3,5-6,8H,2,4H2,1H3. The monoisotopic (exact) mass is 161 g/mol. The molecule has 1 rings (SSSR count). The van der Waals surface area contributed by atoms with Crippen molar-refractivity contribution < 1.29 is 4.79 Å². The van der Waals surface area contributed by atoms with Gasteiger partial charge in [0.05, 0.1) is 12.0 Å². The summed E-state index contributed by atoms with van der Waals surface area (Å²) in [6, 6.07) is 2.14. The van der Waals surface area contributed by atoms with Crippen molar-refractivity contribution >= 4 is 5.78 Å². The van der Waals surface area contributed by atoms with E-state index < -0.39 is 0 Å². The minimum absolute atomic E-state index is 0.0431. The number of allylic oxidation sites excluding steroid dienone is 4. The van der Waals surface area contributed by atoms with E-state index >= 15 is 0 Å². The molecule has 62 valence electrons. The first kappa shape index (κ1) is 8.73. The van der Waals surface area contributed by atoms with Gasteiger partial charge >= 0.3 is 0 Å². The Morgan fingerprint density at radius 1 is 1.83 bits per heavy atom. The summed E-state index contributed by atoms with van der Waals surface area (Å²) in [5.74, 6) is 0.112. The average Bonchev–Trinajstić information content (AvgIpc) is 2.17. The SMILES string of the molecule is CCC(=O)C1=CCC(C#N)C=C1. The number of carbonyl (C=O) groups excluding carboxylic acids is 1. The fraction of sp³-hybridized carbons (Fsp3) is 0.400. The smallest absolute Gasteiger partial charge is 0.162 e. The molecular weight excluding hydrogens is 150 g/mol. The Bertz CT molecular complexity index is 281. The highest BCUT2D eigenvalue weighted by Crippen LogP contribution is 2.16. The number of Topliss-reactive ketones (excluding diaryl/α,β-unsaturated/α-hetero) is 1. The van der Waals surface area contributed by atoms with Gasteiger partial charge in [-0.1, -0.05) is 25.2 Å². The highest BCUT2D eigenvalue weighted by atomic mass is 16.1. The zero-order valence-electron chi connectivity index (χ0n) is 7.08. The van der Waals surface area contributed by atoms with Crippen molar-refractivity contribution in [2.45, 2.75) is 19.8 Å². The number of hydrogen-bond donors (Lipinski definition) is 0. The van der Waals surface area contributed by atoms with Gasteiger partial charge in [0, 0.05) is 12.0 Å². The molecule has 0 spiro atoms. The third kappa shape index (κ3) is 1.82. The summed E-state index contributed by atoms with van der Waals surface area (Å²) in [4.78, 5) is 11.2. The molecule has 12 heavy (non-hydrogen) atoms. The molecule has 0 bridgehead atoms. The van der Waals surface area contributed by atoms with E-state index in [1.807, 2.05) is 13.0 Å². The van der Waals surface area contributed by atoms with Crippen molar-refractivity contribution in [1.82, 2.24) is 0 Å². The van der Waals surface area contributed by atoms with Gasteiger partial charge < -0.3 is 0 Å². The second kappa shape index (κ2) is 3.87. The molecule has 0 aromatic heterocycles. The molecule has 0 heterocycles. The maximum Gasteiger partial charge on any atom is 0.162 e. The van der Waals surface area contributed by atoms with Gasteiger partial charge in [-0.25, -0.2) is 0 Å². The zero-order chi connectivity index (χ0) is 8.97. The van der Waals surface area contributed by atoms with Crippen LogP contribution in [0.4, 0.5) is 0 Å². The summed E-state index contributed by atoms with van der Waals surface area (Å²) >= 11 is 0. The molecule has 0 N–H and O–H groups in total. The molecule has 0 amide bonds. The van der Waals surface area contributed by atoms with E-state index in [1.165, 1.54) is 0 Å². The molecule has 1 unspecified atom stereocenters. The van der Waals surface area contributed by atoms with Crippen molar-refractivity contribution in [3.8, 4) is 6.07 Å². The molecule has 0 saturated carbocycles. The summed E-state index contributed by atoms with van der Waals surface area (Å²) < 4.78 is 0. The number of hydrogen-bond acceptors (Lipinski definition) is 2. The highest BCUT2D eigenvalue weighted by molar-refractivity contribution is 5.97. The van der Waals surface area contributed by atoms with Gasteiger partial charge in [-0.05, 0) is 6.42 Å². The van der Waals surface area contributed by atoms with E-state index in [4.69, 9.17) is 5.26 Å². The molecule has 1 atom stereocenters. The van der Waals surface area contributed by atoms with E-state index in [2.05, 4.69) is 6.07 Å². The van der Waals surface area contributed by atoms with Crippen LogP contribution in [0.25, 0.3) is 0 Å². The largest absolute Gasteiger partial charge is 0.294 e. The molecule has 0 aromatic carbocycles. The number of nitrogens with zero attached hydrogens (tertiary/aromatic N) is 1. The Kier molecular flexibility index (Phi) is 2.82. The summed E-state index contributed by atoms with van der Waals surface area (Å²) in [5, 5.41) is 8.56. The second-order valence-corrected chi connectivity index (χ2v) is 2.77. The third-order valence-corrected chi connectivity index (χ3v) is 1.91. The van der Waals surface area contributed by atoms with Crippen LogP contribution in [0.5, 0.6) is 0 Å². The fourth-order valence-electron chi connectivity index (χ4n) is 1.13. The molecule has 2 heteroatoms. The lowest BCUT2D eigenvalue weighted by molar-refractivity contribution is -0.115. The summed E-state index contributed by atoms with van der Waals surface area (Å²) in [5.41, 5.74) is 0.754. The lowest BCUT2D eigenvalue weighted by atomic mass is 9.95. The van der Waals surface area contributed by atoms with Gasteiger partial charge in [-0.2, -0.15) is 5.26 Å². The average molecular weight is 161 g/mol. The summed E-state index contributed by atoms with van der Waals surface area (Å²) in [6.45, 7) is 1.84. The van der Waals surface area contributed by atoms with Gasteiger partial charge in [0.25, 0.3) is 0 Å². The van der Waals surface area contributed by atoms with E-state index in [9.17, 15) is 4.79 Å². The zero-order valence-corrected chi connectivity index (χ0v) is 7.08. The van der Waals surface area contributed by atoms with Crippen LogP contribution in [-0.2, 0) is 4.79 Å². The van der Waals surface area contributed by atoms with Crippen LogP contribution in [0.2, 0.25) is 0 Å². The molecule has 2 nitrogen and oxygen atoms in total. The number of rotatable bonds is 2. The topological polar surface area (TPSA) is 40.9 Å². The molecule has 0 saturated heterocycles. The van der Waals surface area contributed by atoms with Crippen molar-refractivity contribution in [3.05, 3.63) is 23.8 Å². The van der Waals surface area contributed by atoms with Gasteiger partial charge in [0.2, 0.25) is 0 Å². The lowest BCUT2D eigenvalue weighted by Gasteiger charge is -2.07. The Morgan fingerprint density at radius 3 is 3.00 bits per heavy atom. The highest BCUT2D eigenvalue weighted by Gasteiger charge is 2.10. The minimum atomic E-state index is -0.0431. The Morgan fingerprint density at radius 2 is 2.58 bits per heavy atom. The van der Waals surface area contributed by atoms with Gasteiger partial charge in [-0.3, -0.25) is 4.79 Å². The van der Waals surface area contributed by atoms with Crippen molar-refractivity contribution in [3.63, 3.8) is 0 Å². The first-order valence-corrected chi connectivity index (χ1v) is 4.09. The lowest BCUT2D eigenvalue weighted by Crippen LogP contribution is -2.04. The van der Waals surface area contributed by atoms with Gasteiger partial charge in [0.15, 0.2) is 5.78 Å². The van der Waals surface area contributed by atoms with Gasteiger partial charge in [0.1, 0.15) is 0 Å². The van der Waals surface area contributed by atoms with Crippen LogP contribution in [0, 0.1) is 17.2 Å². The predicted molar refractivity (Wildman–Crippen MR) is 46.2 cm³/mol. The fourth-order valence-corrected chi connectivity index (χ4v) is 1.13. The van der Waals surface area contributed by atoms with Crippen LogP contribution in [0.1, 0.15) is 19.8 Å². The first-order chi connectivity index (χ1) is 5.77.